The van der Waals surface area contributed by atoms with Crippen molar-refractivity contribution in [3.63, 3.8) is 0 Å². The molecule has 0 spiro atoms. The van der Waals surface area contributed by atoms with E-state index in [9.17, 15) is 4.79 Å². The zero-order valence-corrected chi connectivity index (χ0v) is 16.5. The van der Waals surface area contributed by atoms with Gasteiger partial charge in [0.25, 0.3) is 5.91 Å². The van der Waals surface area contributed by atoms with Crippen LogP contribution < -0.4 is 4.90 Å². The van der Waals surface area contributed by atoms with Gasteiger partial charge in [-0.25, -0.2) is 4.68 Å². The maximum Gasteiger partial charge on any atom is 0.260 e. The molecule has 3 heterocycles. The number of rotatable bonds is 4. The van der Waals surface area contributed by atoms with Crippen molar-refractivity contribution < 1.29 is 4.79 Å². The van der Waals surface area contributed by atoms with Gasteiger partial charge in [-0.1, -0.05) is 12.1 Å². The summed E-state index contributed by atoms with van der Waals surface area (Å²) in [5, 5.41) is 8.63. The number of carbonyl (C=O) groups is 1. The van der Waals surface area contributed by atoms with Crippen LogP contribution in [0.4, 0.5) is 5.82 Å². The van der Waals surface area contributed by atoms with Crippen LogP contribution >= 0.6 is 11.3 Å². The summed E-state index contributed by atoms with van der Waals surface area (Å²) in [6.07, 6.45) is 3.86. The molecule has 1 aromatic carbocycles. The van der Waals surface area contributed by atoms with Crippen molar-refractivity contribution >= 4 is 23.1 Å². The van der Waals surface area contributed by atoms with Crippen LogP contribution in [-0.4, -0.2) is 46.8 Å². The lowest BCUT2D eigenvalue weighted by Gasteiger charge is -2.36. The first kappa shape index (κ1) is 17.9. The predicted octanol–water partition coefficient (Wildman–Crippen LogP) is 3.98. The SMILES string of the molecule is Cc1cccc(-n2ccc(N(C(=O)c3ccsc3)C3CCN(C)CC3)n2)c1. The highest BCUT2D eigenvalue weighted by molar-refractivity contribution is 7.08. The van der Waals surface area contributed by atoms with Gasteiger partial charge in [-0.3, -0.25) is 9.69 Å². The van der Waals surface area contributed by atoms with Crippen molar-refractivity contribution in [2.45, 2.75) is 25.8 Å². The first-order valence-electron chi connectivity index (χ1n) is 9.29. The molecule has 0 bridgehead atoms. The minimum atomic E-state index is 0.0419. The van der Waals surface area contributed by atoms with E-state index in [0.717, 1.165) is 43.0 Å². The standard InChI is InChI=1S/C21H24N4OS/c1-16-4-3-5-19(14-16)24-12-8-20(22-24)25(18-6-10-23(2)11-7-18)21(26)17-9-13-27-15-17/h3-5,8-9,12-15,18H,6-7,10-11H2,1-2H3. The lowest BCUT2D eigenvalue weighted by molar-refractivity contribution is 0.0963. The monoisotopic (exact) mass is 380 g/mol. The molecule has 0 saturated carbocycles. The lowest BCUT2D eigenvalue weighted by Crippen LogP contribution is -2.47. The number of thiophene rings is 1. The molecule has 3 aromatic rings. The molecule has 0 N–H and O–H groups in total. The first-order valence-corrected chi connectivity index (χ1v) is 10.2. The normalized spacial score (nSPS) is 15.8. The molecular formula is C21H24N4OS. The van der Waals surface area contributed by atoms with Gasteiger partial charge in [-0.2, -0.15) is 11.3 Å². The Morgan fingerprint density at radius 2 is 2.04 bits per heavy atom. The molecule has 1 fully saturated rings. The molecule has 1 saturated heterocycles. The van der Waals surface area contributed by atoms with Crippen LogP contribution in [-0.2, 0) is 0 Å². The third-order valence-electron chi connectivity index (χ3n) is 5.13. The predicted molar refractivity (Wildman–Crippen MR) is 110 cm³/mol. The van der Waals surface area contributed by atoms with Crippen molar-refractivity contribution in [2.24, 2.45) is 0 Å². The van der Waals surface area contributed by atoms with E-state index in [1.807, 2.05) is 50.8 Å². The number of hydrogen-bond acceptors (Lipinski definition) is 4. The maximum atomic E-state index is 13.3. The van der Waals surface area contributed by atoms with Crippen LogP contribution in [0.1, 0.15) is 28.8 Å². The minimum absolute atomic E-state index is 0.0419. The molecule has 1 amide bonds. The van der Waals surface area contributed by atoms with Gasteiger partial charge in [0.15, 0.2) is 5.82 Å². The van der Waals surface area contributed by atoms with Crippen molar-refractivity contribution in [1.29, 1.82) is 0 Å². The third kappa shape index (κ3) is 3.82. The summed E-state index contributed by atoms with van der Waals surface area (Å²) in [7, 11) is 2.13. The fourth-order valence-electron chi connectivity index (χ4n) is 3.59. The fourth-order valence-corrected chi connectivity index (χ4v) is 4.22. The first-order chi connectivity index (χ1) is 13.1. The van der Waals surface area contributed by atoms with Gasteiger partial charge >= 0.3 is 0 Å². The Morgan fingerprint density at radius 1 is 1.22 bits per heavy atom. The molecule has 140 valence electrons. The van der Waals surface area contributed by atoms with Gasteiger partial charge in [-0.05, 0) is 69.0 Å². The van der Waals surface area contributed by atoms with Gasteiger partial charge < -0.3 is 4.90 Å². The van der Waals surface area contributed by atoms with Crippen molar-refractivity contribution in [2.75, 3.05) is 25.0 Å². The average molecular weight is 381 g/mol. The number of likely N-dealkylation sites (tertiary alicyclic amines) is 1. The zero-order valence-electron chi connectivity index (χ0n) is 15.7. The molecular weight excluding hydrogens is 356 g/mol. The quantitative estimate of drug-likeness (QED) is 0.687. The Hall–Kier alpha value is -2.44. The Bertz CT molecular complexity index is 910. The van der Waals surface area contributed by atoms with E-state index in [2.05, 4.69) is 31.0 Å². The van der Waals surface area contributed by atoms with Crippen LogP contribution in [0.2, 0.25) is 0 Å². The number of aromatic nitrogens is 2. The second kappa shape index (κ2) is 7.66. The Morgan fingerprint density at radius 3 is 2.74 bits per heavy atom. The number of aryl methyl sites for hydroxylation is 1. The Balaban J connectivity index is 1.67. The van der Waals surface area contributed by atoms with Crippen LogP contribution in [0.5, 0.6) is 0 Å². The highest BCUT2D eigenvalue weighted by atomic mass is 32.1. The summed E-state index contributed by atoms with van der Waals surface area (Å²) in [6, 6.07) is 12.2. The topological polar surface area (TPSA) is 41.4 Å². The van der Waals surface area contributed by atoms with Gasteiger partial charge in [0.05, 0.1) is 11.3 Å². The average Bonchev–Trinajstić information content (AvgIpc) is 3.36. The smallest absolute Gasteiger partial charge is 0.260 e. The lowest BCUT2D eigenvalue weighted by atomic mass is 10.0. The van der Waals surface area contributed by atoms with Crippen LogP contribution in [0.25, 0.3) is 5.69 Å². The molecule has 5 nitrogen and oxygen atoms in total. The Labute approximate surface area is 163 Å². The Kier molecular flexibility index (Phi) is 5.09. The summed E-state index contributed by atoms with van der Waals surface area (Å²) in [6.45, 7) is 4.06. The van der Waals surface area contributed by atoms with E-state index < -0.39 is 0 Å². The molecule has 1 aliphatic rings. The number of anilines is 1. The summed E-state index contributed by atoms with van der Waals surface area (Å²) in [4.78, 5) is 17.5. The third-order valence-corrected chi connectivity index (χ3v) is 5.81. The molecule has 1 aliphatic heterocycles. The fraction of sp³-hybridized carbons (Fsp3) is 0.333. The van der Waals surface area contributed by atoms with Crippen molar-refractivity contribution in [1.82, 2.24) is 14.7 Å². The number of amides is 1. The molecule has 6 heteroatoms. The largest absolute Gasteiger partial charge is 0.306 e. The molecule has 4 rings (SSSR count). The molecule has 0 unspecified atom stereocenters. The van der Waals surface area contributed by atoms with Gasteiger partial charge in [0.2, 0.25) is 0 Å². The second-order valence-corrected chi connectivity index (χ2v) is 7.96. The van der Waals surface area contributed by atoms with E-state index in [1.165, 1.54) is 5.56 Å². The highest BCUT2D eigenvalue weighted by Gasteiger charge is 2.30. The summed E-state index contributed by atoms with van der Waals surface area (Å²) < 4.78 is 1.85. The zero-order chi connectivity index (χ0) is 18.8. The van der Waals surface area contributed by atoms with Crippen LogP contribution in [0.3, 0.4) is 0 Å². The van der Waals surface area contributed by atoms with Crippen molar-refractivity contribution in [3.05, 3.63) is 64.5 Å². The number of nitrogens with zero attached hydrogens (tertiary/aromatic N) is 4. The number of benzene rings is 1. The van der Waals surface area contributed by atoms with E-state index in [4.69, 9.17) is 5.10 Å². The van der Waals surface area contributed by atoms with Crippen molar-refractivity contribution in [3.8, 4) is 5.69 Å². The molecule has 2 aromatic heterocycles. The van der Waals surface area contributed by atoms with Gasteiger partial charge in [0, 0.05) is 23.7 Å². The molecule has 0 atom stereocenters. The molecule has 27 heavy (non-hydrogen) atoms. The minimum Gasteiger partial charge on any atom is -0.306 e. The maximum absolute atomic E-state index is 13.3. The van der Waals surface area contributed by atoms with E-state index in [1.54, 1.807) is 11.3 Å². The van der Waals surface area contributed by atoms with E-state index >= 15 is 0 Å². The van der Waals surface area contributed by atoms with Crippen LogP contribution in [0.15, 0.2) is 53.4 Å². The molecule has 0 aliphatic carbocycles. The van der Waals surface area contributed by atoms with Crippen LogP contribution in [0, 0.1) is 6.92 Å². The summed E-state index contributed by atoms with van der Waals surface area (Å²) in [5.74, 6) is 0.766. The number of hydrogen-bond donors (Lipinski definition) is 0. The molecule has 0 radical (unpaired) electrons. The van der Waals surface area contributed by atoms with E-state index in [0.29, 0.717) is 0 Å². The highest BCUT2D eigenvalue weighted by Crippen LogP contribution is 2.26. The second-order valence-electron chi connectivity index (χ2n) is 7.18. The van der Waals surface area contributed by atoms with Gasteiger partial charge in [-0.15, -0.1) is 5.10 Å². The summed E-state index contributed by atoms with van der Waals surface area (Å²) >= 11 is 1.55. The number of carbonyl (C=O) groups excluding carboxylic acids is 1. The van der Waals surface area contributed by atoms with Gasteiger partial charge in [0.1, 0.15) is 0 Å². The number of piperidine rings is 1. The van der Waals surface area contributed by atoms with E-state index in [-0.39, 0.29) is 11.9 Å². The summed E-state index contributed by atoms with van der Waals surface area (Å²) in [5.41, 5.74) is 2.93.